The monoisotopic (exact) mass is 286 g/mol. The minimum absolute atomic E-state index is 0.0323. The lowest BCUT2D eigenvalue weighted by Gasteiger charge is -2.27. The van der Waals surface area contributed by atoms with E-state index in [4.69, 9.17) is 9.47 Å². The Morgan fingerprint density at radius 2 is 2.25 bits per heavy atom. The predicted molar refractivity (Wildman–Crippen MR) is 64.6 cm³/mol. The molecule has 1 fully saturated rings. The fourth-order valence-corrected chi connectivity index (χ4v) is 2.39. The second-order valence-corrected chi connectivity index (χ2v) is 4.88. The van der Waals surface area contributed by atoms with Gasteiger partial charge in [-0.3, -0.25) is 0 Å². The summed E-state index contributed by atoms with van der Waals surface area (Å²) >= 11 is 3.44. The van der Waals surface area contributed by atoms with Crippen molar-refractivity contribution < 1.29 is 14.6 Å². The molecule has 0 radical (unpaired) electrons. The van der Waals surface area contributed by atoms with E-state index in [1.807, 2.05) is 18.2 Å². The number of rotatable bonds is 2. The van der Waals surface area contributed by atoms with Crippen molar-refractivity contribution >= 4 is 15.9 Å². The molecule has 88 valence electrons. The molecule has 3 nitrogen and oxygen atoms in total. The molecule has 16 heavy (non-hydrogen) atoms. The van der Waals surface area contributed by atoms with Gasteiger partial charge in [-0.15, -0.1) is 0 Å². The van der Waals surface area contributed by atoms with Crippen molar-refractivity contribution in [1.82, 2.24) is 0 Å². The van der Waals surface area contributed by atoms with Crippen LogP contribution in [0.2, 0.25) is 0 Å². The zero-order valence-electron chi connectivity index (χ0n) is 9.15. The Morgan fingerprint density at radius 3 is 2.94 bits per heavy atom. The molecule has 2 atom stereocenters. The Hall–Kier alpha value is -0.580. The highest BCUT2D eigenvalue weighted by Gasteiger charge is 2.22. The molecule has 0 aromatic heterocycles. The molecule has 0 bridgehead atoms. The van der Waals surface area contributed by atoms with E-state index in [0.29, 0.717) is 13.0 Å². The molecule has 1 aromatic carbocycles. The van der Waals surface area contributed by atoms with Crippen LogP contribution in [0.15, 0.2) is 22.7 Å². The Morgan fingerprint density at radius 1 is 1.44 bits per heavy atom. The second kappa shape index (κ2) is 5.17. The van der Waals surface area contributed by atoms with Crippen LogP contribution in [0.4, 0.5) is 0 Å². The molecule has 1 aromatic rings. The number of hydrogen-bond donors (Lipinski definition) is 1. The van der Waals surface area contributed by atoms with Crippen LogP contribution in [0.1, 0.15) is 24.5 Å². The van der Waals surface area contributed by atoms with Crippen LogP contribution in [0.3, 0.4) is 0 Å². The number of halogens is 1. The van der Waals surface area contributed by atoms with Gasteiger partial charge in [0.2, 0.25) is 0 Å². The first-order valence-electron chi connectivity index (χ1n) is 5.33. The lowest BCUT2D eigenvalue weighted by molar-refractivity contribution is -0.0448. The third kappa shape index (κ3) is 2.75. The third-order valence-corrected chi connectivity index (χ3v) is 3.22. The highest BCUT2D eigenvalue weighted by atomic mass is 79.9. The van der Waals surface area contributed by atoms with Gasteiger partial charge in [0.15, 0.2) is 0 Å². The molecule has 0 saturated carbocycles. The molecule has 0 amide bonds. The van der Waals surface area contributed by atoms with Crippen LogP contribution in [0, 0.1) is 0 Å². The van der Waals surface area contributed by atoms with Crippen molar-refractivity contribution in [2.45, 2.75) is 25.0 Å². The van der Waals surface area contributed by atoms with Crippen LogP contribution >= 0.6 is 15.9 Å². The van der Waals surface area contributed by atoms with Crippen molar-refractivity contribution in [2.24, 2.45) is 0 Å². The summed E-state index contributed by atoms with van der Waals surface area (Å²) in [5, 5.41) is 9.61. The van der Waals surface area contributed by atoms with E-state index >= 15 is 0 Å². The van der Waals surface area contributed by atoms with E-state index in [9.17, 15) is 5.11 Å². The fraction of sp³-hybridized carbons (Fsp3) is 0.500. The summed E-state index contributed by atoms with van der Waals surface area (Å²) in [5.74, 6) is 0.799. The van der Waals surface area contributed by atoms with Gasteiger partial charge in [0.25, 0.3) is 0 Å². The Bertz CT molecular complexity index is 367. The average Bonchev–Trinajstić information content (AvgIpc) is 2.28. The second-order valence-electron chi connectivity index (χ2n) is 3.96. The number of aliphatic hydroxyl groups excluding tert-OH is 1. The first-order valence-corrected chi connectivity index (χ1v) is 6.12. The standard InChI is InChI=1S/C12H15BrO3/c1-15-11-5-8(4-9(13)6-11)12-7-10(14)2-3-16-12/h4-6,10,12,14H,2-3,7H2,1H3. The number of benzene rings is 1. The molecule has 1 heterocycles. The lowest BCUT2D eigenvalue weighted by atomic mass is 9.99. The highest BCUT2D eigenvalue weighted by molar-refractivity contribution is 9.10. The minimum atomic E-state index is -0.260. The first kappa shape index (κ1) is 11.9. The highest BCUT2D eigenvalue weighted by Crippen LogP contribution is 2.32. The summed E-state index contributed by atoms with van der Waals surface area (Å²) < 4.78 is 11.8. The van der Waals surface area contributed by atoms with E-state index in [1.165, 1.54) is 0 Å². The summed E-state index contributed by atoms with van der Waals surface area (Å²) in [7, 11) is 1.64. The van der Waals surface area contributed by atoms with Crippen molar-refractivity contribution in [3.63, 3.8) is 0 Å². The number of hydrogen-bond acceptors (Lipinski definition) is 3. The topological polar surface area (TPSA) is 38.7 Å². The van der Waals surface area contributed by atoms with Crippen LogP contribution in [0.5, 0.6) is 5.75 Å². The van der Waals surface area contributed by atoms with Gasteiger partial charge in [0.05, 0.1) is 19.3 Å². The van der Waals surface area contributed by atoms with E-state index in [2.05, 4.69) is 15.9 Å². The molecular weight excluding hydrogens is 272 g/mol. The van der Waals surface area contributed by atoms with Crippen molar-refractivity contribution in [2.75, 3.05) is 13.7 Å². The van der Waals surface area contributed by atoms with Crippen molar-refractivity contribution in [3.05, 3.63) is 28.2 Å². The maximum Gasteiger partial charge on any atom is 0.120 e. The minimum Gasteiger partial charge on any atom is -0.497 e. The average molecular weight is 287 g/mol. The van der Waals surface area contributed by atoms with Crippen LogP contribution in [-0.4, -0.2) is 24.9 Å². The quantitative estimate of drug-likeness (QED) is 0.909. The van der Waals surface area contributed by atoms with Gasteiger partial charge >= 0.3 is 0 Å². The molecule has 1 N–H and O–H groups in total. The van der Waals surface area contributed by atoms with Crippen LogP contribution in [-0.2, 0) is 4.74 Å². The van der Waals surface area contributed by atoms with E-state index in [-0.39, 0.29) is 12.2 Å². The third-order valence-electron chi connectivity index (χ3n) is 2.76. The maximum atomic E-state index is 9.61. The normalized spacial score (nSPS) is 25.4. The zero-order valence-corrected chi connectivity index (χ0v) is 10.7. The molecule has 1 saturated heterocycles. The Labute approximate surface area is 104 Å². The van der Waals surface area contributed by atoms with Gasteiger partial charge in [-0.2, -0.15) is 0 Å². The van der Waals surface area contributed by atoms with Gasteiger partial charge < -0.3 is 14.6 Å². The number of aliphatic hydroxyl groups is 1. The van der Waals surface area contributed by atoms with Crippen molar-refractivity contribution in [1.29, 1.82) is 0 Å². The molecule has 4 heteroatoms. The van der Waals surface area contributed by atoms with Crippen LogP contribution < -0.4 is 4.74 Å². The van der Waals surface area contributed by atoms with Gasteiger partial charge in [-0.05, 0) is 30.2 Å². The van der Waals surface area contributed by atoms with Gasteiger partial charge in [0.1, 0.15) is 5.75 Å². The van der Waals surface area contributed by atoms with E-state index in [0.717, 1.165) is 22.2 Å². The van der Waals surface area contributed by atoms with Gasteiger partial charge in [0, 0.05) is 17.5 Å². The van der Waals surface area contributed by atoms with Gasteiger partial charge in [-0.25, -0.2) is 0 Å². The zero-order chi connectivity index (χ0) is 11.5. The molecule has 1 aliphatic heterocycles. The smallest absolute Gasteiger partial charge is 0.120 e. The summed E-state index contributed by atoms with van der Waals surface area (Å²) in [6, 6.07) is 5.86. The molecular formula is C12H15BrO3. The summed E-state index contributed by atoms with van der Waals surface area (Å²) in [6.07, 6.45) is 1.08. The molecule has 0 spiro atoms. The summed E-state index contributed by atoms with van der Waals surface area (Å²) in [5.41, 5.74) is 1.05. The summed E-state index contributed by atoms with van der Waals surface area (Å²) in [4.78, 5) is 0. The molecule has 0 aliphatic carbocycles. The van der Waals surface area contributed by atoms with E-state index < -0.39 is 0 Å². The SMILES string of the molecule is COc1cc(Br)cc(C2CC(O)CCO2)c1. The lowest BCUT2D eigenvalue weighted by Crippen LogP contribution is -2.23. The fourth-order valence-electron chi connectivity index (χ4n) is 1.90. The maximum absolute atomic E-state index is 9.61. The number of ether oxygens (including phenoxy) is 2. The Kier molecular flexibility index (Phi) is 3.84. The molecule has 2 unspecified atom stereocenters. The van der Waals surface area contributed by atoms with E-state index in [1.54, 1.807) is 7.11 Å². The predicted octanol–water partition coefficient (Wildman–Crippen LogP) is 2.67. The first-order chi connectivity index (χ1) is 7.69. The van der Waals surface area contributed by atoms with Crippen LogP contribution in [0.25, 0.3) is 0 Å². The van der Waals surface area contributed by atoms with Gasteiger partial charge in [-0.1, -0.05) is 15.9 Å². The largest absolute Gasteiger partial charge is 0.497 e. The molecule has 1 aliphatic rings. The summed E-state index contributed by atoms with van der Waals surface area (Å²) in [6.45, 7) is 0.612. The van der Waals surface area contributed by atoms with Crippen molar-refractivity contribution in [3.8, 4) is 5.75 Å². The molecule has 2 rings (SSSR count). The Balaban J connectivity index is 2.21. The number of methoxy groups -OCH3 is 1.